The molecule has 36 heavy (non-hydrogen) atoms. The lowest BCUT2D eigenvalue weighted by atomic mass is 10.2. The SMILES string of the molecule is CC1CN1CC(=O)Nc1cc(CSc2ncccc2C(=O)Nc2ccc(OC(F)(F)F)cc2)ccn1. The Balaban J connectivity index is 1.36. The molecule has 2 unspecified atom stereocenters. The van der Waals surface area contributed by atoms with Crippen molar-refractivity contribution in [3.8, 4) is 5.75 Å². The van der Waals surface area contributed by atoms with E-state index in [-0.39, 0.29) is 11.7 Å². The summed E-state index contributed by atoms with van der Waals surface area (Å²) in [5, 5.41) is 5.92. The molecule has 1 fully saturated rings. The van der Waals surface area contributed by atoms with E-state index in [4.69, 9.17) is 0 Å². The molecule has 0 saturated carbocycles. The summed E-state index contributed by atoms with van der Waals surface area (Å²) in [6.07, 6.45) is -1.63. The average molecular weight is 518 g/mol. The molecule has 2 aromatic heterocycles. The lowest BCUT2D eigenvalue weighted by molar-refractivity contribution is -0.274. The van der Waals surface area contributed by atoms with Crippen LogP contribution in [-0.4, -0.2) is 52.2 Å². The van der Waals surface area contributed by atoms with Crippen molar-refractivity contribution in [1.82, 2.24) is 14.9 Å². The number of amides is 2. The van der Waals surface area contributed by atoms with Crippen LogP contribution in [0.1, 0.15) is 22.8 Å². The number of carbonyl (C=O) groups is 2. The zero-order chi connectivity index (χ0) is 25.7. The predicted octanol–water partition coefficient (Wildman–Crippen LogP) is 4.56. The van der Waals surface area contributed by atoms with Crippen LogP contribution < -0.4 is 15.4 Å². The molecule has 2 N–H and O–H groups in total. The van der Waals surface area contributed by atoms with Gasteiger partial charge in [0.2, 0.25) is 5.91 Å². The summed E-state index contributed by atoms with van der Waals surface area (Å²) in [5.74, 6) is -0.0504. The molecule has 0 aliphatic carbocycles. The summed E-state index contributed by atoms with van der Waals surface area (Å²) in [6, 6.07) is 12.1. The van der Waals surface area contributed by atoms with Crippen LogP contribution in [0.25, 0.3) is 0 Å². The summed E-state index contributed by atoms with van der Waals surface area (Å²) < 4.78 is 40.8. The Morgan fingerprint density at radius 1 is 1.11 bits per heavy atom. The zero-order valence-corrected chi connectivity index (χ0v) is 19.9. The van der Waals surface area contributed by atoms with Gasteiger partial charge in [-0.25, -0.2) is 9.97 Å². The smallest absolute Gasteiger partial charge is 0.406 e. The van der Waals surface area contributed by atoms with E-state index < -0.39 is 12.3 Å². The van der Waals surface area contributed by atoms with Gasteiger partial charge in [-0.15, -0.1) is 24.9 Å². The van der Waals surface area contributed by atoms with Gasteiger partial charge in [-0.2, -0.15) is 0 Å². The molecule has 1 aromatic carbocycles. The van der Waals surface area contributed by atoms with Crippen LogP contribution in [0.15, 0.2) is 66.0 Å². The third kappa shape index (κ3) is 7.43. The molecule has 1 aliphatic heterocycles. The fourth-order valence-corrected chi connectivity index (χ4v) is 4.22. The summed E-state index contributed by atoms with van der Waals surface area (Å²) in [4.78, 5) is 35.5. The van der Waals surface area contributed by atoms with Crippen LogP contribution in [-0.2, 0) is 10.5 Å². The standard InChI is InChI=1S/C24H22F3N5O3S/c1-15-12-32(15)13-21(33)31-20-11-16(8-10-28-20)14-36-23-19(3-2-9-29-23)22(34)30-17-4-6-18(7-5-17)35-24(25,26)27/h2-11,15H,12-14H2,1H3,(H,30,34)(H,28,31,33). The third-order valence-electron chi connectivity index (χ3n) is 5.16. The Morgan fingerprint density at radius 3 is 2.56 bits per heavy atom. The summed E-state index contributed by atoms with van der Waals surface area (Å²) in [7, 11) is 0. The van der Waals surface area contributed by atoms with Gasteiger partial charge in [0.25, 0.3) is 5.91 Å². The number of ether oxygens (including phenoxy) is 1. The highest BCUT2D eigenvalue weighted by Crippen LogP contribution is 2.27. The second kappa shape index (κ2) is 11.0. The van der Waals surface area contributed by atoms with Gasteiger partial charge in [-0.3, -0.25) is 14.5 Å². The number of hydrogen-bond acceptors (Lipinski definition) is 7. The number of thioether (sulfide) groups is 1. The molecule has 0 bridgehead atoms. The van der Waals surface area contributed by atoms with E-state index in [2.05, 4.69) is 32.3 Å². The molecule has 1 aliphatic rings. The molecule has 8 nitrogen and oxygen atoms in total. The first-order chi connectivity index (χ1) is 17.2. The molecule has 0 radical (unpaired) electrons. The molecule has 1 saturated heterocycles. The van der Waals surface area contributed by atoms with Crippen molar-refractivity contribution in [2.45, 2.75) is 30.1 Å². The minimum atomic E-state index is -4.79. The number of nitrogens with zero attached hydrogens (tertiary/aromatic N) is 3. The molecule has 3 heterocycles. The van der Waals surface area contributed by atoms with E-state index >= 15 is 0 Å². The maximum atomic E-state index is 12.8. The van der Waals surface area contributed by atoms with Crippen LogP contribution in [0.4, 0.5) is 24.7 Å². The molecule has 2 amide bonds. The second-order valence-electron chi connectivity index (χ2n) is 8.05. The molecule has 4 rings (SSSR count). The topological polar surface area (TPSA) is 96.2 Å². The van der Waals surface area contributed by atoms with Gasteiger partial charge < -0.3 is 15.4 Å². The Bertz CT molecular complexity index is 1240. The van der Waals surface area contributed by atoms with Crippen LogP contribution >= 0.6 is 11.8 Å². The van der Waals surface area contributed by atoms with E-state index in [1.54, 1.807) is 30.6 Å². The number of nitrogens with one attached hydrogen (secondary N) is 2. The van der Waals surface area contributed by atoms with E-state index in [9.17, 15) is 22.8 Å². The van der Waals surface area contributed by atoms with Gasteiger partial charge in [0.05, 0.1) is 12.1 Å². The van der Waals surface area contributed by atoms with Gasteiger partial charge in [-0.1, -0.05) is 0 Å². The van der Waals surface area contributed by atoms with Crippen molar-refractivity contribution in [2.24, 2.45) is 0 Å². The number of benzene rings is 1. The second-order valence-corrected chi connectivity index (χ2v) is 9.01. The fourth-order valence-electron chi connectivity index (χ4n) is 3.28. The van der Waals surface area contributed by atoms with Crippen LogP contribution in [0.5, 0.6) is 5.75 Å². The van der Waals surface area contributed by atoms with Crippen molar-refractivity contribution in [3.63, 3.8) is 0 Å². The summed E-state index contributed by atoms with van der Waals surface area (Å²) in [6.45, 7) is 3.29. The van der Waals surface area contributed by atoms with Gasteiger partial charge in [0, 0.05) is 36.4 Å². The normalized spacial score (nSPS) is 16.8. The Hall–Kier alpha value is -3.64. The van der Waals surface area contributed by atoms with Crippen molar-refractivity contribution in [1.29, 1.82) is 0 Å². The molecular formula is C24H22F3N5O3S. The van der Waals surface area contributed by atoms with Gasteiger partial charge in [0.15, 0.2) is 0 Å². The maximum absolute atomic E-state index is 12.8. The number of hydrogen-bond donors (Lipinski definition) is 2. The number of rotatable bonds is 9. The Labute approximate surface area is 209 Å². The van der Waals surface area contributed by atoms with Gasteiger partial charge in [0.1, 0.15) is 16.6 Å². The van der Waals surface area contributed by atoms with Crippen molar-refractivity contribution in [2.75, 3.05) is 23.7 Å². The minimum Gasteiger partial charge on any atom is -0.406 e. The van der Waals surface area contributed by atoms with Gasteiger partial charge >= 0.3 is 6.36 Å². The average Bonchev–Trinajstić information content (AvgIpc) is 3.52. The number of halogens is 3. The molecule has 0 spiro atoms. The highest BCUT2D eigenvalue weighted by Gasteiger charge is 2.31. The van der Waals surface area contributed by atoms with E-state index in [1.807, 2.05) is 11.0 Å². The zero-order valence-electron chi connectivity index (χ0n) is 19.1. The number of aromatic nitrogens is 2. The highest BCUT2D eigenvalue weighted by atomic mass is 32.2. The van der Waals surface area contributed by atoms with Crippen molar-refractivity contribution < 1.29 is 27.5 Å². The Kier molecular flexibility index (Phi) is 7.75. The van der Waals surface area contributed by atoms with Crippen LogP contribution in [0, 0.1) is 0 Å². The quantitative estimate of drug-likeness (QED) is 0.317. The number of anilines is 2. The number of alkyl halides is 3. The van der Waals surface area contributed by atoms with Crippen LogP contribution in [0.2, 0.25) is 0 Å². The number of carbonyl (C=O) groups excluding carboxylic acids is 2. The first kappa shape index (κ1) is 25.5. The molecule has 188 valence electrons. The van der Waals surface area contributed by atoms with E-state index in [0.717, 1.165) is 24.2 Å². The molecule has 2 atom stereocenters. The Morgan fingerprint density at radius 2 is 1.86 bits per heavy atom. The van der Waals surface area contributed by atoms with E-state index in [0.29, 0.717) is 40.4 Å². The van der Waals surface area contributed by atoms with Crippen LogP contribution in [0.3, 0.4) is 0 Å². The lowest BCUT2D eigenvalue weighted by Crippen LogP contribution is -2.22. The van der Waals surface area contributed by atoms with Gasteiger partial charge in [-0.05, 0) is 61.0 Å². The summed E-state index contributed by atoms with van der Waals surface area (Å²) >= 11 is 1.33. The highest BCUT2D eigenvalue weighted by molar-refractivity contribution is 7.98. The third-order valence-corrected chi connectivity index (χ3v) is 6.24. The monoisotopic (exact) mass is 517 g/mol. The first-order valence-electron chi connectivity index (χ1n) is 10.9. The fraction of sp³-hybridized carbons (Fsp3) is 0.250. The molecule has 12 heteroatoms. The first-order valence-corrected chi connectivity index (χ1v) is 11.9. The predicted molar refractivity (Wildman–Crippen MR) is 129 cm³/mol. The molecule has 3 aromatic rings. The van der Waals surface area contributed by atoms with Crippen molar-refractivity contribution >= 4 is 35.1 Å². The van der Waals surface area contributed by atoms with E-state index in [1.165, 1.54) is 23.9 Å². The lowest BCUT2D eigenvalue weighted by Gasteiger charge is -2.11. The largest absolute Gasteiger partial charge is 0.573 e. The summed E-state index contributed by atoms with van der Waals surface area (Å²) in [5.41, 5.74) is 1.50. The van der Waals surface area contributed by atoms with Crippen molar-refractivity contribution in [3.05, 3.63) is 72.1 Å². The number of pyridine rings is 2. The maximum Gasteiger partial charge on any atom is 0.573 e. The minimum absolute atomic E-state index is 0.127. The molecular weight excluding hydrogens is 495 g/mol.